The Kier molecular flexibility index (Phi) is 5.62. The monoisotopic (exact) mass is 315 g/mol. The first kappa shape index (κ1) is 15.0. The van der Waals surface area contributed by atoms with Crippen molar-refractivity contribution in [3.05, 3.63) is 28.2 Å². The standard InChI is InChI=1S/C13H18BrNO3/c1-8(5-9(2)16)7-15-13(18)10-3-4-11(14)12(17)6-10/h3-4,6,8-9,16-17H,5,7H2,1-2H3,(H,15,18). The number of rotatable bonds is 5. The third-order valence-electron chi connectivity index (χ3n) is 2.56. The van der Waals surface area contributed by atoms with Crippen LogP contribution in [0.4, 0.5) is 0 Å². The number of phenolic OH excluding ortho intramolecular Hbond substituents is 1. The highest BCUT2D eigenvalue weighted by molar-refractivity contribution is 9.10. The SMILES string of the molecule is CC(O)CC(C)CNC(=O)c1ccc(Br)c(O)c1. The van der Waals surface area contributed by atoms with E-state index in [9.17, 15) is 15.0 Å². The third-order valence-corrected chi connectivity index (χ3v) is 3.23. The summed E-state index contributed by atoms with van der Waals surface area (Å²) >= 11 is 3.16. The number of hydrogen-bond donors (Lipinski definition) is 3. The maximum Gasteiger partial charge on any atom is 0.251 e. The van der Waals surface area contributed by atoms with Gasteiger partial charge in [-0.15, -0.1) is 0 Å². The molecule has 1 rings (SSSR count). The lowest BCUT2D eigenvalue weighted by Gasteiger charge is -2.14. The molecule has 0 aliphatic carbocycles. The van der Waals surface area contributed by atoms with Crippen LogP contribution in [0.5, 0.6) is 5.75 Å². The Hall–Kier alpha value is -1.07. The summed E-state index contributed by atoms with van der Waals surface area (Å²) in [6.45, 7) is 4.19. The minimum atomic E-state index is -0.367. The Morgan fingerprint density at radius 3 is 2.67 bits per heavy atom. The zero-order chi connectivity index (χ0) is 13.7. The van der Waals surface area contributed by atoms with Crippen molar-refractivity contribution < 1.29 is 15.0 Å². The fraction of sp³-hybridized carbons (Fsp3) is 0.462. The zero-order valence-corrected chi connectivity index (χ0v) is 12.1. The fourth-order valence-electron chi connectivity index (χ4n) is 1.69. The summed E-state index contributed by atoms with van der Waals surface area (Å²) in [4.78, 5) is 11.8. The number of amides is 1. The molecule has 0 saturated carbocycles. The molecule has 2 unspecified atom stereocenters. The number of aromatic hydroxyl groups is 1. The van der Waals surface area contributed by atoms with Crippen molar-refractivity contribution >= 4 is 21.8 Å². The summed E-state index contributed by atoms with van der Waals surface area (Å²) in [5.41, 5.74) is 0.417. The molecule has 0 bridgehead atoms. The van der Waals surface area contributed by atoms with Gasteiger partial charge in [0.1, 0.15) is 5.75 Å². The molecule has 0 aliphatic heterocycles. The van der Waals surface area contributed by atoms with Gasteiger partial charge in [0.05, 0.1) is 10.6 Å². The first-order chi connectivity index (χ1) is 8.40. The molecule has 0 saturated heterocycles. The zero-order valence-electron chi connectivity index (χ0n) is 10.5. The van der Waals surface area contributed by atoms with E-state index in [2.05, 4.69) is 21.2 Å². The summed E-state index contributed by atoms with van der Waals surface area (Å²) in [5, 5.41) is 21.5. The highest BCUT2D eigenvalue weighted by Gasteiger charge is 2.11. The van der Waals surface area contributed by atoms with E-state index in [4.69, 9.17) is 0 Å². The molecule has 2 atom stereocenters. The van der Waals surface area contributed by atoms with Crippen LogP contribution < -0.4 is 5.32 Å². The van der Waals surface area contributed by atoms with E-state index in [0.717, 1.165) is 0 Å². The van der Waals surface area contributed by atoms with Gasteiger partial charge in [0.25, 0.3) is 5.91 Å². The Bertz CT molecular complexity index is 421. The van der Waals surface area contributed by atoms with Crippen LogP contribution >= 0.6 is 15.9 Å². The van der Waals surface area contributed by atoms with E-state index >= 15 is 0 Å². The molecule has 0 radical (unpaired) electrons. The van der Waals surface area contributed by atoms with Crippen LogP contribution in [0, 0.1) is 5.92 Å². The highest BCUT2D eigenvalue weighted by atomic mass is 79.9. The number of benzene rings is 1. The number of carbonyl (C=O) groups is 1. The van der Waals surface area contributed by atoms with E-state index in [1.54, 1.807) is 19.1 Å². The second kappa shape index (κ2) is 6.75. The van der Waals surface area contributed by atoms with Crippen molar-refractivity contribution in [1.82, 2.24) is 5.32 Å². The van der Waals surface area contributed by atoms with Crippen LogP contribution in [-0.4, -0.2) is 28.8 Å². The second-order valence-corrected chi connectivity index (χ2v) is 5.42. The molecule has 5 heteroatoms. The van der Waals surface area contributed by atoms with Crippen LogP contribution in [0.15, 0.2) is 22.7 Å². The molecule has 0 aliphatic rings. The van der Waals surface area contributed by atoms with Gasteiger partial charge in [-0.1, -0.05) is 6.92 Å². The quantitative estimate of drug-likeness (QED) is 0.781. The van der Waals surface area contributed by atoms with E-state index in [-0.39, 0.29) is 23.7 Å². The van der Waals surface area contributed by atoms with Crippen LogP contribution in [0.3, 0.4) is 0 Å². The number of carbonyl (C=O) groups excluding carboxylic acids is 1. The van der Waals surface area contributed by atoms with E-state index in [1.165, 1.54) is 6.07 Å². The Morgan fingerprint density at radius 1 is 1.44 bits per heavy atom. The number of nitrogens with one attached hydrogen (secondary N) is 1. The van der Waals surface area contributed by atoms with Gasteiger partial charge in [-0.25, -0.2) is 0 Å². The predicted molar refractivity (Wildman–Crippen MR) is 73.6 cm³/mol. The van der Waals surface area contributed by atoms with Crippen molar-refractivity contribution in [2.45, 2.75) is 26.4 Å². The van der Waals surface area contributed by atoms with Crippen LogP contribution in [0.25, 0.3) is 0 Å². The topological polar surface area (TPSA) is 69.6 Å². The molecule has 3 N–H and O–H groups in total. The van der Waals surface area contributed by atoms with Gasteiger partial charge in [0.2, 0.25) is 0 Å². The molecular formula is C13H18BrNO3. The van der Waals surface area contributed by atoms with Gasteiger partial charge in [-0.05, 0) is 53.4 Å². The maximum absolute atomic E-state index is 11.8. The van der Waals surface area contributed by atoms with Gasteiger partial charge in [-0.2, -0.15) is 0 Å². The average Bonchev–Trinajstić information content (AvgIpc) is 2.28. The molecule has 100 valence electrons. The molecule has 0 aromatic heterocycles. The normalized spacial score (nSPS) is 14.0. The smallest absolute Gasteiger partial charge is 0.251 e. The Morgan fingerprint density at radius 2 is 2.11 bits per heavy atom. The van der Waals surface area contributed by atoms with Gasteiger partial charge < -0.3 is 15.5 Å². The summed E-state index contributed by atoms with van der Waals surface area (Å²) in [6.07, 6.45) is 0.278. The number of aliphatic hydroxyl groups is 1. The largest absolute Gasteiger partial charge is 0.507 e. The van der Waals surface area contributed by atoms with Gasteiger partial charge in [-0.3, -0.25) is 4.79 Å². The minimum Gasteiger partial charge on any atom is -0.507 e. The lowest BCUT2D eigenvalue weighted by Crippen LogP contribution is -2.29. The van der Waals surface area contributed by atoms with Crippen LogP contribution in [0.2, 0.25) is 0 Å². The molecule has 0 fully saturated rings. The molecule has 18 heavy (non-hydrogen) atoms. The van der Waals surface area contributed by atoms with E-state index in [0.29, 0.717) is 23.0 Å². The maximum atomic E-state index is 11.8. The molecule has 1 aromatic rings. The van der Waals surface area contributed by atoms with Crippen molar-refractivity contribution in [1.29, 1.82) is 0 Å². The lowest BCUT2D eigenvalue weighted by molar-refractivity contribution is 0.0939. The van der Waals surface area contributed by atoms with Crippen molar-refractivity contribution in [2.75, 3.05) is 6.54 Å². The van der Waals surface area contributed by atoms with Crippen molar-refractivity contribution in [3.63, 3.8) is 0 Å². The molecule has 1 amide bonds. The van der Waals surface area contributed by atoms with Crippen LogP contribution in [0.1, 0.15) is 30.6 Å². The second-order valence-electron chi connectivity index (χ2n) is 4.57. The molecule has 0 heterocycles. The summed E-state index contributed by atoms with van der Waals surface area (Å²) in [5.74, 6) is 0.0212. The number of hydrogen-bond acceptors (Lipinski definition) is 3. The van der Waals surface area contributed by atoms with Crippen molar-refractivity contribution in [2.24, 2.45) is 5.92 Å². The molecule has 0 spiro atoms. The fourth-order valence-corrected chi connectivity index (χ4v) is 1.94. The Labute approximate surface area is 115 Å². The molecule has 1 aromatic carbocycles. The third kappa shape index (κ3) is 4.66. The minimum absolute atomic E-state index is 0.0414. The first-order valence-electron chi connectivity index (χ1n) is 5.85. The number of halogens is 1. The Balaban J connectivity index is 2.52. The number of aliphatic hydroxyl groups excluding tert-OH is 1. The molecular weight excluding hydrogens is 298 g/mol. The first-order valence-corrected chi connectivity index (χ1v) is 6.64. The summed E-state index contributed by atoms with van der Waals surface area (Å²) in [6, 6.07) is 4.68. The average molecular weight is 316 g/mol. The highest BCUT2D eigenvalue weighted by Crippen LogP contribution is 2.24. The van der Waals surface area contributed by atoms with Gasteiger partial charge >= 0.3 is 0 Å². The van der Waals surface area contributed by atoms with Crippen LogP contribution in [-0.2, 0) is 0 Å². The summed E-state index contributed by atoms with van der Waals surface area (Å²) < 4.78 is 0.557. The predicted octanol–water partition coefficient (Wildman–Crippen LogP) is 2.29. The lowest BCUT2D eigenvalue weighted by atomic mass is 10.0. The van der Waals surface area contributed by atoms with E-state index in [1.807, 2.05) is 6.92 Å². The number of phenols is 1. The van der Waals surface area contributed by atoms with Crippen molar-refractivity contribution in [3.8, 4) is 5.75 Å². The summed E-state index contributed by atoms with van der Waals surface area (Å²) in [7, 11) is 0. The molecule has 4 nitrogen and oxygen atoms in total. The van der Waals surface area contributed by atoms with E-state index < -0.39 is 0 Å². The van der Waals surface area contributed by atoms with Gasteiger partial charge in [0.15, 0.2) is 0 Å². The van der Waals surface area contributed by atoms with Gasteiger partial charge in [0, 0.05) is 12.1 Å².